The van der Waals surface area contributed by atoms with Crippen molar-refractivity contribution in [3.05, 3.63) is 88.0 Å². The van der Waals surface area contributed by atoms with Crippen LogP contribution in [0, 0.1) is 32.5 Å². The van der Waals surface area contributed by atoms with Crippen LogP contribution in [0.25, 0.3) is 0 Å². The maximum absolute atomic E-state index is 8.55. The van der Waals surface area contributed by atoms with E-state index in [1.807, 2.05) is 65.1 Å². The van der Waals surface area contributed by atoms with Gasteiger partial charge >= 0.3 is 475 Å². The molecule has 0 N–H and O–H groups in total. The van der Waals surface area contributed by atoms with Crippen LogP contribution in [-0.4, -0.2) is 65.1 Å². The van der Waals surface area contributed by atoms with Crippen molar-refractivity contribution in [1.29, 1.82) is 0 Å². The van der Waals surface area contributed by atoms with Crippen LogP contribution < -0.4 is 25.8 Å². The van der Waals surface area contributed by atoms with E-state index in [1.54, 1.807) is 0 Å². The summed E-state index contributed by atoms with van der Waals surface area (Å²) >= 11 is 6.11. The molecule has 0 aliphatic carbocycles. The molecule has 4 nitrogen and oxygen atoms in total. The maximum Gasteiger partial charge on any atom is -0.159 e. The van der Waals surface area contributed by atoms with Crippen molar-refractivity contribution in [2.45, 2.75) is 279 Å². The Morgan fingerprint density at radius 3 is 0.568 bits per heavy atom. The molecule has 3 aromatic carbocycles. The van der Waals surface area contributed by atoms with Gasteiger partial charge in [0.2, 0.25) is 0 Å². The van der Waals surface area contributed by atoms with E-state index in [1.165, 1.54) is 83.0 Å². The molecule has 0 saturated heterocycles. The van der Waals surface area contributed by atoms with Crippen LogP contribution in [0.1, 0.15) is 280 Å². The average Bonchev–Trinajstić information content (AvgIpc) is 3.05. The summed E-state index contributed by atoms with van der Waals surface area (Å²) in [5.74, 6) is 0. The Balaban J connectivity index is 0.00000103. The van der Waals surface area contributed by atoms with Crippen LogP contribution in [0.2, 0.25) is 0 Å². The van der Waals surface area contributed by atoms with Gasteiger partial charge in [0.1, 0.15) is 0 Å². The fraction of sp³-hybridized carbons (Fsp3) is 0.727. The Kier molecular flexibility index (Phi) is 26.3. The van der Waals surface area contributed by atoms with Crippen LogP contribution in [0.4, 0.5) is 0 Å². The summed E-state index contributed by atoms with van der Waals surface area (Å²) in [5, 5.41) is 0. The third kappa shape index (κ3) is 29.5. The van der Waals surface area contributed by atoms with Crippen LogP contribution in [0.5, 0.6) is 0 Å². The van der Waals surface area contributed by atoms with Gasteiger partial charge in [-0.3, -0.25) is 0 Å². The fourth-order valence-corrected chi connectivity index (χ4v) is 15.5. The minimum absolute atomic E-state index is 0.210. The van der Waals surface area contributed by atoms with E-state index < -0.39 is 7.82 Å². The molecule has 3 rings (SSSR count). The van der Waals surface area contributed by atoms with Gasteiger partial charge in [-0.05, 0) is 0 Å². The van der Waals surface area contributed by atoms with Crippen LogP contribution in [0.15, 0.2) is 54.6 Å². The molecule has 3 aromatic rings. The third-order valence-electron chi connectivity index (χ3n) is 13.7. The quantitative estimate of drug-likeness (QED) is 0.134. The molecule has 0 saturated carbocycles. The monoisotopic (exact) mass is 1070 g/mol. The molecule has 74 heavy (non-hydrogen) atoms. The molecular formula is C66H111Mg3O4P. The van der Waals surface area contributed by atoms with E-state index in [0.29, 0.717) is 32.5 Å². The molecule has 0 aromatic heterocycles. The summed E-state index contributed by atoms with van der Waals surface area (Å²) in [4.78, 5) is 25.6. The largest absolute Gasteiger partial charge is 0.822 e. The van der Waals surface area contributed by atoms with Gasteiger partial charge in [-0.15, -0.1) is 0 Å². The first-order valence-corrected chi connectivity index (χ1v) is 31.3. The van der Waals surface area contributed by atoms with E-state index in [4.69, 9.17) is 19.2 Å². The van der Waals surface area contributed by atoms with Crippen molar-refractivity contribution < 1.29 is 19.2 Å². The van der Waals surface area contributed by atoms with E-state index in [9.17, 15) is 0 Å². The number of benzene rings is 3. The number of hydrogen-bond acceptors (Lipinski definition) is 4. The van der Waals surface area contributed by atoms with Crippen LogP contribution in [0.3, 0.4) is 0 Å². The molecule has 0 aliphatic heterocycles. The number of phosphoric acid groups is 1. The average molecular weight is 1070 g/mol. The van der Waals surface area contributed by atoms with Crippen molar-refractivity contribution in [3.8, 4) is 0 Å². The first-order chi connectivity index (χ1) is 32.1. The van der Waals surface area contributed by atoms with Crippen molar-refractivity contribution >= 4 is 84.0 Å². The standard InChI is InChI=1S/3C22H37.3Mg.H3O4P/c3*1-19(2,3)15-21(7,8)17-12-11-13-18(14-17)22(9,10)16-20(4,5)6;;;;1-5(2,3)4/h3*11-12,14H,15-16H2,1-10H3;;;;(H3,1,2,3,4)/q;;;3*+1;/p-3. The van der Waals surface area contributed by atoms with Gasteiger partial charge in [0.15, 0.2) is 0 Å². The summed E-state index contributed by atoms with van der Waals surface area (Å²) in [5.41, 5.74) is 12.4. The second kappa shape index (κ2) is 26.3. The molecule has 8 heteroatoms. The van der Waals surface area contributed by atoms with Crippen LogP contribution >= 0.6 is 7.82 Å². The topological polar surface area (TPSA) is 86.2 Å². The van der Waals surface area contributed by atoms with Crippen molar-refractivity contribution in [2.75, 3.05) is 0 Å². The zero-order valence-electron chi connectivity index (χ0n) is 54.1. The van der Waals surface area contributed by atoms with Crippen molar-refractivity contribution in [2.24, 2.45) is 32.5 Å². The number of hydrogen-bond donors (Lipinski definition) is 0. The smallest absolute Gasteiger partial charge is 0.159 e. The molecular weight excluding hydrogens is 961 g/mol. The summed E-state index contributed by atoms with van der Waals surface area (Å²) in [6.07, 6.45) is 7.21. The minimum Gasteiger partial charge on any atom is -0.822 e. The maximum atomic E-state index is 8.55. The first-order valence-electron chi connectivity index (χ1n) is 27.7. The molecule has 0 heterocycles. The van der Waals surface area contributed by atoms with Crippen molar-refractivity contribution in [3.63, 3.8) is 0 Å². The van der Waals surface area contributed by atoms with Crippen molar-refractivity contribution in [1.82, 2.24) is 0 Å². The zero-order chi connectivity index (χ0) is 59.3. The molecule has 0 aliphatic rings. The molecule has 0 amide bonds. The Morgan fingerprint density at radius 1 is 0.297 bits per heavy atom. The molecule has 0 bridgehead atoms. The summed E-state index contributed by atoms with van der Waals surface area (Å²) in [7, 11) is -5.39. The van der Waals surface area contributed by atoms with E-state index in [0.717, 1.165) is 0 Å². The van der Waals surface area contributed by atoms with Gasteiger partial charge in [-0.1, -0.05) is 0 Å². The van der Waals surface area contributed by atoms with Gasteiger partial charge in [0, 0.05) is 0 Å². The first kappa shape index (κ1) is 74.1. The Morgan fingerprint density at radius 2 is 0.432 bits per heavy atom. The zero-order valence-corrected chi connectivity index (χ0v) is 59.3. The van der Waals surface area contributed by atoms with Gasteiger partial charge < -0.3 is 19.2 Å². The minimum atomic E-state index is -5.39. The summed E-state index contributed by atoms with van der Waals surface area (Å²) in [6, 6.07) is 21.6. The van der Waals surface area contributed by atoms with Gasteiger partial charge in [0.05, 0.1) is 0 Å². The molecule has 0 spiro atoms. The predicted molar refractivity (Wildman–Crippen MR) is 326 cm³/mol. The van der Waals surface area contributed by atoms with Gasteiger partial charge in [-0.25, -0.2) is 0 Å². The Bertz CT molecular complexity index is 2030. The molecule has 410 valence electrons. The van der Waals surface area contributed by atoms with Gasteiger partial charge in [-0.2, -0.15) is 7.82 Å². The second-order valence-electron chi connectivity index (χ2n) is 33.8. The Hall–Kier alpha value is 0.0687. The van der Waals surface area contributed by atoms with Gasteiger partial charge in [0.25, 0.3) is 0 Å². The Labute approximate surface area is 498 Å². The third-order valence-corrected chi connectivity index (χ3v) is 15.5. The van der Waals surface area contributed by atoms with E-state index >= 15 is 0 Å². The molecule has 0 fully saturated rings. The molecule has 0 atom stereocenters. The summed E-state index contributed by atoms with van der Waals surface area (Å²) in [6.45, 7) is 71.0. The molecule has 0 unspecified atom stereocenters. The summed E-state index contributed by atoms with van der Waals surface area (Å²) < 4.78 is 12.9. The second-order valence-corrected chi connectivity index (χ2v) is 37.0. The number of rotatable bonds is 12. The normalized spacial score (nSPS) is 14.1. The van der Waals surface area contributed by atoms with Crippen LogP contribution in [-0.2, 0) is 37.1 Å². The van der Waals surface area contributed by atoms with E-state index in [2.05, 4.69) is 262 Å². The molecule has 0 radical (unpaired) electrons. The predicted octanol–water partition coefficient (Wildman–Crippen LogP) is 14.9. The SMILES string of the molecule is CC(C)(C)CC(C)(C)c1cc[c]([Mg+])c(C(C)(C)CC(C)(C)C)c1.CC(C)(C)CC(C)(C)c1cc[c]([Mg+])c(C(C)(C)CC(C)(C)C)c1.CC(C)(C)CC(C)(C)c1cc[c]([Mg+])c(C(C)(C)CC(C)(C)C)c1.O=P([O-])([O-])[O-]. The van der Waals surface area contributed by atoms with E-state index in [-0.39, 0.29) is 32.5 Å². The fourth-order valence-electron chi connectivity index (χ4n) is 13.4.